The van der Waals surface area contributed by atoms with Crippen LogP contribution in [0.2, 0.25) is 5.02 Å². The molecule has 0 fully saturated rings. The van der Waals surface area contributed by atoms with Gasteiger partial charge in [-0.3, -0.25) is 0 Å². The monoisotopic (exact) mass is 266 g/mol. The molecular formula is C10H12Cl2O2S. The highest BCUT2D eigenvalue weighted by atomic mass is 35.5. The Morgan fingerprint density at radius 3 is 2.53 bits per heavy atom. The van der Waals surface area contributed by atoms with Crippen molar-refractivity contribution in [2.75, 3.05) is 5.75 Å². The van der Waals surface area contributed by atoms with Crippen molar-refractivity contribution in [2.45, 2.75) is 18.1 Å². The highest BCUT2D eigenvalue weighted by Gasteiger charge is 2.17. The van der Waals surface area contributed by atoms with Gasteiger partial charge in [-0.2, -0.15) is 12.6 Å². The minimum atomic E-state index is -0.957. The van der Waals surface area contributed by atoms with Crippen molar-refractivity contribution in [2.24, 2.45) is 0 Å². The summed E-state index contributed by atoms with van der Waals surface area (Å²) in [6.45, 7) is 0. The van der Waals surface area contributed by atoms with Gasteiger partial charge in [0.25, 0.3) is 0 Å². The topological polar surface area (TPSA) is 40.5 Å². The molecule has 0 aliphatic heterocycles. The lowest BCUT2D eigenvalue weighted by Gasteiger charge is -2.17. The molecule has 15 heavy (non-hydrogen) atoms. The summed E-state index contributed by atoms with van der Waals surface area (Å²) in [5.74, 6) is 0.469. The number of rotatable bonds is 4. The molecule has 1 aromatic rings. The Hall–Kier alpha value is 0.0700. The van der Waals surface area contributed by atoms with Crippen LogP contribution < -0.4 is 0 Å². The van der Waals surface area contributed by atoms with Crippen LogP contribution in [0.25, 0.3) is 0 Å². The standard InChI is InChI=1S/C10H12Cl2O2S/c11-4-7-3-6(1-2-8(7)12)10(14)9(13)5-15/h1-3,9-10,13-15H,4-5H2. The van der Waals surface area contributed by atoms with Crippen LogP contribution in [0.4, 0.5) is 0 Å². The van der Waals surface area contributed by atoms with Gasteiger partial charge in [0.15, 0.2) is 0 Å². The number of halogens is 2. The van der Waals surface area contributed by atoms with E-state index >= 15 is 0 Å². The van der Waals surface area contributed by atoms with Gasteiger partial charge in [0.1, 0.15) is 6.10 Å². The van der Waals surface area contributed by atoms with E-state index in [0.29, 0.717) is 10.6 Å². The predicted molar refractivity (Wildman–Crippen MR) is 65.8 cm³/mol. The minimum absolute atomic E-state index is 0.194. The molecule has 0 heterocycles. The first-order valence-corrected chi connectivity index (χ1v) is 5.96. The Morgan fingerprint density at radius 1 is 1.33 bits per heavy atom. The first-order chi connectivity index (χ1) is 7.10. The molecule has 5 heteroatoms. The zero-order valence-electron chi connectivity index (χ0n) is 7.90. The fraction of sp³-hybridized carbons (Fsp3) is 0.400. The van der Waals surface area contributed by atoms with E-state index in [1.165, 1.54) is 0 Å². The second-order valence-electron chi connectivity index (χ2n) is 3.18. The molecule has 2 N–H and O–H groups in total. The van der Waals surface area contributed by atoms with Gasteiger partial charge in [-0.25, -0.2) is 0 Å². The van der Waals surface area contributed by atoms with Crippen molar-refractivity contribution in [1.29, 1.82) is 0 Å². The molecule has 0 bridgehead atoms. The van der Waals surface area contributed by atoms with Crippen molar-refractivity contribution in [3.8, 4) is 0 Å². The smallest absolute Gasteiger partial charge is 0.106 e. The Labute approximate surface area is 104 Å². The molecule has 2 unspecified atom stereocenters. The number of thiol groups is 1. The number of alkyl halides is 1. The largest absolute Gasteiger partial charge is 0.389 e. The maximum atomic E-state index is 9.71. The second kappa shape index (κ2) is 5.97. The Kier molecular flexibility index (Phi) is 5.23. The molecule has 84 valence electrons. The molecule has 1 rings (SSSR count). The quantitative estimate of drug-likeness (QED) is 0.579. The summed E-state index contributed by atoms with van der Waals surface area (Å²) in [7, 11) is 0. The van der Waals surface area contributed by atoms with Gasteiger partial charge >= 0.3 is 0 Å². The number of hydrogen-bond donors (Lipinski definition) is 3. The lowest BCUT2D eigenvalue weighted by atomic mass is 10.0. The first-order valence-electron chi connectivity index (χ1n) is 4.41. The summed E-state index contributed by atoms with van der Waals surface area (Å²) in [5.41, 5.74) is 1.33. The van der Waals surface area contributed by atoms with Gasteiger partial charge in [0.2, 0.25) is 0 Å². The van der Waals surface area contributed by atoms with Gasteiger partial charge in [-0.15, -0.1) is 11.6 Å². The van der Waals surface area contributed by atoms with E-state index in [9.17, 15) is 10.2 Å². The molecule has 0 saturated carbocycles. The third-order valence-corrected chi connectivity index (χ3v) is 3.14. The lowest BCUT2D eigenvalue weighted by Crippen LogP contribution is -2.19. The number of benzene rings is 1. The molecule has 0 aliphatic carbocycles. The third kappa shape index (κ3) is 3.26. The van der Waals surface area contributed by atoms with Gasteiger partial charge < -0.3 is 10.2 Å². The van der Waals surface area contributed by atoms with Crippen molar-refractivity contribution >= 4 is 35.8 Å². The molecule has 2 nitrogen and oxygen atoms in total. The van der Waals surface area contributed by atoms with Crippen LogP contribution in [0, 0.1) is 0 Å². The van der Waals surface area contributed by atoms with E-state index in [1.807, 2.05) is 0 Å². The number of aliphatic hydroxyl groups excluding tert-OH is 2. The molecular weight excluding hydrogens is 255 g/mol. The molecule has 1 aromatic carbocycles. The summed E-state index contributed by atoms with van der Waals surface area (Å²) in [5, 5.41) is 19.7. The van der Waals surface area contributed by atoms with Gasteiger partial charge in [-0.05, 0) is 17.2 Å². The van der Waals surface area contributed by atoms with E-state index in [1.54, 1.807) is 18.2 Å². The summed E-state index contributed by atoms with van der Waals surface area (Å²) < 4.78 is 0. The lowest BCUT2D eigenvalue weighted by molar-refractivity contribution is 0.0337. The summed E-state index contributed by atoms with van der Waals surface area (Å²) >= 11 is 15.5. The Bertz CT molecular complexity index is 333. The molecule has 0 spiro atoms. The number of hydrogen-bond acceptors (Lipinski definition) is 3. The van der Waals surface area contributed by atoms with Gasteiger partial charge in [-0.1, -0.05) is 23.7 Å². The highest BCUT2D eigenvalue weighted by Crippen LogP contribution is 2.24. The van der Waals surface area contributed by atoms with Crippen LogP contribution in [0.3, 0.4) is 0 Å². The van der Waals surface area contributed by atoms with Gasteiger partial charge in [0, 0.05) is 16.7 Å². The summed E-state index contributed by atoms with van der Waals surface area (Å²) in [6.07, 6.45) is -1.85. The van der Waals surface area contributed by atoms with E-state index in [-0.39, 0.29) is 11.6 Å². The third-order valence-electron chi connectivity index (χ3n) is 2.11. The normalized spacial score (nSPS) is 15.0. The van der Waals surface area contributed by atoms with E-state index in [2.05, 4.69) is 12.6 Å². The maximum Gasteiger partial charge on any atom is 0.106 e. The van der Waals surface area contributed by atoms with Crippen molar-refractivity contribution < 1.29 is 10.2 Å². The van der Waals surface area contributed by atoms with Crippen LogP contribution >= 0.6 is 35.8 Å². The van der Waals surface area contributed by atoms with Crippen molar-refractivity contribution in [3.05, 3.63) is 34.3 Å². The molecule has 0 amide bonds. The average Bonchev–Trinajstić information content (AvgIpc) is 2.27. The molecule has 0 aliphatic rings. The molecule has 2 atom stereocenters. The zero-order chi connectivity index (χ0) is 11.4. The van der Waals surface area contributed by atoms with E-state index in [4.69, 9.17) is 23.2 Å². The fourth-order valence-electron chi connectivity index (χ4n) is 1.20. The average molecular weight is 267 g/mol. The molecule has 0 aromatic heterocycles. The van der Waals surface area contributed by atoms with Crippen LogP contribution in [-0.4, -0.2) is 22.1 Å². The number of aliphatic hydroxyl groups is 2. The first kappa shape index (κ1) is 13.1. The molecule has 0 saturated heterocycles. The van der Waals surface area contributed by atoms with Crippen LogP contribution in [0.15, 0.2) is 18.2 Å². The van der Waals surface area contributed by atoms with Crippen molar-refractivity contribution in [3.63, 3.8) is 0 Å². The van der Waals surface area contributed by atoms with Crippen LogP contribution in [-0.2, 0) is 5.88 Å². The SMILES string of the molecule is OC(CS)C(O)c1ccc(Cl)c(CCl)c1. The Morgan fingerprint density at radius 2 is 2.00 bits per heavy atom. The molecule has 0 radical (unpaired) electrons. The minimum Gasteiger partial charge on any atom is -0.389 e. The van der Waals surface area contributed by atoms with Crippen molar-refractivity contribution in [1.82, 2.24) is 0 Å². The summed E-state index contributed by atoms with van der Waals surface area (Å²) in [4.78, 5) is 0. The van der Waals surface area contributed by atoms with Crippen LogP contribution in [0.5, 0.6) is 0 Å². The predicted octanol–water partition coefficient (Wildman–Crippen LogP) is 2.40. The summed E-state index contributed by atoms with van der Waals surface area (Å²) in [6, 6.07) is 5.01. The van der Waals surface area contributed by atoms with Crippen LogP contribution in [0.1, 0.15) is 17.2 Å². The Balaban J connectivity index is 2.95. The van der Waals surface area contributed by atoms with E-state index in [0.717, 1.165) is 5.56 Å². The highest BCUT2D eigenvalue weighted by molar-refractivity contribution is 7.80. The zero-order valence-corrected chi connectivity index (χ0v) is 10.3. The van der Waals surface area contributed by atoms with Gasteiger partial charge in [0.05, 0.1) is 6.10 Å². The maximum absolute atomic E-state index is 9.71. The second-order valence-corrected chi connectivity index (χ2v) is 4.22. The fourth-order valence-corrected chi connectivity index (χ4v) is 1.88. The van der Waals surface area contributed by atoms with E-state index < -0.39 is 12.2 Å².